The number of H-pyrrole nitrogens is 1. The van der Waals surface area contributed by atoms with Gasteiger partial charge in [-0.05, 0) is 32.6 Å². The van der Waals surface area contributed by atoms with E-state index in [1.165, 1.54) is 23.1 Å². The number of rotatable bonds is 4. The lowest BCUT2D eigenvalue weighted by Gasteiger charge is -2.15. The number of hydrogen-bond acceptors (Lipinski definition) is 6. The SMILES string of the molecule is CC(Sc1nc2c(c(=O)[nH]1)CCCC2)C(=O)Nc1nccs1. The molecule has 2 heterocycles. The van der Waals surface area contributed by atoms with Crippen molar-refractivity contribution < 1.29 is 4.79 Å². The Morgan fingerprint density at radius 2 is 2.27 bits per heavy atom. The Labute approximate surface area is 135 Å². The van der Waals surface area contributed by atoms with Gasteiger partial charge in [-0.15, -0.1) is 11.3 Å². The lowest BCUT2D eigenvalue weighted by atomic mass is 9.97. The minimum absolute atomic E-state index is 0.0697. The molecule has 3 rings (SSSR count). The molecule has 2 aromatic rings. The molecule has 0 spiro atoms. The fourth-order valence-corrected chi connectivity index (χ4v) is 3.70. The number of anilines is 1. The van der Waals surface area contributed by atoms with Crippen LogP contribution in [0.3, 0.4) is 0 Å². The molecule has 1 atom stereocenters. The summed E-state index contributed by atoms with van der Waals surface area (Å²) in [5, 5.41) is 5.26. The Bertz CT molecular complexity index is 727. The number of aromatic nitrogens is 3. The molecule has 116 valence electrons. The van der Waals surface area contributed by atoms with Crippen LogP contribution >= 0.6 is 23.1 Å². The highest BCUT2D eigenvalue weighted by Gasteiger charge is 2.20. The number of fused-ring (bicyclic) bond motifs is 1. The molecule has 0 fully saturated rings. The second kappa shape index (κ2) is 6.62. The van der Waals surface area contributed by atoms with Gasteiger partial charge in [-0.25, -0.2) is 9.97 Å². The van der Waals surface area contributed by atoms with Gasteiger partial charge in [-0.3, -0.25) is 9.59 Å². The van der Waals surface area contributed by atoms with Gasteiger partial charge in [0.15, 0.2) is 10.3 Å². The smallest absolute Gasteiger partial charge is 0.254 e. The number of aryl methyl sites for hydroxylation is 1. The fourth-order valence-electron chi connectivity index (χ4n) is 2.35. The first-order valence-corrected chi connectivity index (χ1v) is 8.88. The largest absolute Gasteiger partial charge is 0.301 e. The number of nitrogens with zero attached hydrogens (tertiary/aromatic N) is 2. The molecule has 22 heavy (non-hydrogen) atoms. The Hall–Kier alpha value is -1.67. The van der Waals surface area contributed by atoms with E-state index in [2.05, 4.69) is 20.3 Å². The molecule has 1 aliphatic rings. The Morgan fingerprint density at radius 3 is 3.05 bits per heavy atom. The van der Waals surface area contributed by atoms with Gasteiger partial charge in [0, 0.05) is 17.1 Å². The first-order valence-electron chi connectivity index (χ1n) is 7.12. The van der Waals surface area contributed by atoms with Gasteiger partial charge in [-0.1, -0.05) is 11.8 Å². The first kappa shape index (κ1) is 15.2. The lowest BCUT2D eigenvalue weighted by Crippen LogP contribution is -2.25. The zero-order valence-electron chi connectivity index (χ0n) is 12.1. The maximum Gasteiger partial charge on any atom is 0.254 e. The summed E-state index contributed by atoms with van der Waals surface area (Å²) in [6, 6.07) is 0. The molecule has 0 saturated heterocycles. The summed E-state index contributed by atoms with van der Waals surface area (Å²) in [6.07, 6.45) is 5.38. The average molecular weight is 336 g/mol. The molecule has 0 radical (unpaired) electrons. The minimum Gasteiger partial charge on any atom is -0.301 e. The summed E-state index contributed by atoms with van der Waals surface area (Å²) in [6.45, 7) is 1.78. The molecule has 2 aromatic heterocycles. The van der Waals surface area contributed by atoms with Gasteiger partial charge in [0.2, 0.25) is 5.91 Å². The molecule has 1 aliphatic carbocycles. The number of hydrogen-bond donors (Lipinski definition) is 2. The molecule has 0 bridgehead atoms. The third-order valence-corrected chi connectivity index (χ3v) is 5.16. The van der Waals surface area contributed by atoms with Gasteiger partial charge in [-0.2, -0.15) is 0 Å². The second-order valence-corrected chi connectivity index (χ2v) is 7.31. The van der Waals surface area contributed by atoms with Crippen molar-refractivity contribution in [3.63, 3.8) is 0 Å². The van der Waals surface area contributed by atoms with Crippen LogP contribution in [0, 0.1) is 0 Å². The summed E-state index contributed by atoms with van der Waals surface area (Å²) in [7, 11) is 0. The highest BCUT2D eigenvalue weighted by atomic mass is 32.2. The van der Waals surface area contributed by atoms with E-state index in [9.17, 15) is 9.59 Å². The number of thiazole rings is 1. The molecule has 2 N–H and O–H groups in total. The maximum atomic E-state index is 12.1. The van der Waals surface area contributed by atoms with Crippen LogP contribution in [0.25, 0.3) is 0 Å². The molecule has 6 nitrogen and oxygen atoms in total. The molecular weight excluding hydrogens is 320 g/mol. The molecule has 0 saturated carbocycles. The van der Waals surface area contributed by atoms with Crippen LogP contribution in [0.4, 0.5) is 5.13 Å². The van der Waals surface area contributed by atoms with E-state index in [0.29, 0.717) is 10.3 Å². The van der Waals surface area contributed by atoms with Crippen molar-refractivity contribution in [1.82, 2.24) is 15.0 Å². The van der Waals surface area contributed by atoms with Crippen molar-refractivity contribution in [2.24, 2.45) is 0 Å². The Balaban J connectivity index is 1.71. The summed E-state index contributed by atoms with van der Waals surface area (Å²) in [4.78, 5) is 35.5. The zero-order chi connectivity index (χ0) is 15.5. The monoisotopic (exact) mass is 336 g/mol. The van der Waals surface area contributed by atoms with Crippen LogP contribution in [-0.4, -0.2) is 26.1 Å². The van der Waals surface area contributed by atoms with E-state index < -0.39 is 0 Å². The zero-order valence-corrected chi connectivity index (χ0v) is 13.7. The predicted molar refractivity (Wildman–Crippen MR) is 87.6 cm³/mol. The number of carbonyl (C=O) groups is 1. The van der Waals surface area contributed by atoms with Gasteiger partial charge >= 0.3 is 0 Å². The summed E-state index contributed by atoms with van der Waals surface area (Å²) in [5.41, 5.74) is 1.61. The number of nitrogens with one attached hydrogen (secondary N) is 2. The van der Waals surface area contributed by atoms with Crippen molar-refractivity contribution in [3.05, 3.63) is 33.2 Å². The number of carbonyl (C=O) groups excluding carboxylic acids is 1. The number of thioether (sulfide) groups is 1. The Morgan fingerprint density at radius 1 is 1.45 bits per heavy atom. The van der Waals surface area contributed by atoms with Crippen LogP contribution in [-0.2, 0) is 17.6 Å². The molecule has 0 aromatic carbocycles. The highest BCUT2D eigenvalue weighted by Crippen LogP contribution is 2.23. The third-order valence-electron chi connectivity index (χ3n) is 3.49. The van der Waals surface area contributed by atoms with E-state index in [-0.39, 0.29) is 16.7 Å². The minimum atomic E-state index is -0.367. The number of aromatic amines is 1. The van der Waals surface area contributed by atoms with E-state index in [1.54, 1.807) is 18.5 Å². The van der Waals surface area contributed by atoms with Crippen molar-refractivity contribution in [3.8, 4) is 0 Å². The molecular formula is C14H16N4O2S2. The van der Waals surface area contributed by atoms with Crippen LogP contribution in [0.15, 0.2) is 21.5 Å². The van der Waals surface area contributed by atoms with Crippen LogP contribution in [0.5, 0.6) is 0 Å². The first-order chi connectivity index (χ1) is 10.6. The van der Waals surface area contributed by atoms with Crippen LogP contribution in [0.2, 0.25) is 0 Å². The van der Waals surface area contributed by atoms with E-state index in [4.69, 9.17) is 0 Å². The summed E-state index contributed by atoms with van der Waals surface area (Å²) >= 11 is 2.63. The van der Waals surface area contributed by atoms with E-state index in [0.717, 1.165) is 36.9 Å². The fraction of sp³-hybridized carbons (Fsp3) is 0.429. The van der Waals surface area contributed by atoms with E-state index in [1.807, 2.05) is 0 Å². The maximum absolute atomic E-state index is 12.1. The molecule has 1 unspecified atom stereocenters. The van der Waals surface area contributed by atoms with Gasteiger partial charge in [0.05, 0.1) is 10.9 Å². The lowest BCUT2D eigenvalue weighted by molar-refractivity contribution is -0.115. The normalized spacial score (nSPS) is 15.1. The number of amides is 1. The van der Waals surface area contributed by atoms with Crippen molar-refractivity contribution in [2.45, 2.75) is 43.0 Å². The van der Waals surface area contributed by atoms with Crippen molar-refractivity contribution in [1.29, 1.82) is 0 Å². The average Bonchev–Trinajstić information content (AvgIpc) is 3.00. The summed E-state index contributed by atoms with van der Waals surface area (Å²) < 4.78 is 0. The third kappa shape index (κ3) is 3.38. The molecule has 0 aliphatic heterocycles. The highest BCUT2D eigenvalue weighted by molar-refractivity contribution is 8.00. The summed E-state index contributed by atoms with van der Waals surface area (Å²) in [5.74, 6) is -0.152. The molecule has 1 amide bonds. The van der Waals surface area contributed by atoms with Crippen molar-refractivity contribution in [2.75, 3.05) is 5.32 Å². The second-order valence-electron chi connectivity index (χ2n) is 5.09. The Kier molecular flexibility index (Phi) is 4.58. The van der Waals surface area contributed by atoms with Crippen LogP contribution < -0.4 is 10.9 Å². The van der Waals surface area contributed by atoms with Gasteiger partial charge in [0.25, 0.3) is 5.56 Å². The van der Waals surface area contributed by atoms with Gasteiger partial charge in [0.1, 0.15) is 0 Å². The van der Waals surface area contributed by atoms with Crippen molar-refractivity contribution >= 4 is 34.1 Å². The van der Waals surface area contributed by atoms with Crippen LogP contribution in [0.1, 0.15) is 31.0 Å². The van der Waals surface area contributed by atoms with Gasteiger partial charge < -0.3 is 10.3 Å². The predicted octanol–water partition coefficient (Wildman–Crippen LogP) is 2.22. The van der Waals surface area contributed by atoms with E-state index >= 15 is 0 Å². The molecule has 8 heteroatoms. The topological polar surface area (TPSA) is 87.7 Å². The standard InChI is InChI=1S/C14H16N4O2S2/c1-8(11(19)17-13-15-6-7-21-13)22-14-16-10-5-3-2-4-9(10)12(20)18-14/h6-8H,2-5H2,1H3,(H,15,17,19)(H,16,18,20). The quantitative estimate of drug-likeness (QED) is 0.660.